The van der Waals surface area contributed by atoms with Crippen molar-refractivity contribution in [2.24, 2.45) is 0 Å². The molecule has 2 saturated carbocycles. The van der Waals surface area contributed by atoms with E-state index in [1.54, 1.807) is 0 Å². The Kier molecular flexibility index (Phi) is 6.18. The van der Waals surface area contributed by atoms with Gasteiger partial charge in [0.25, 0.3) is 0 Å². The zero-order valence-electron chi connectivity index (χ0n) is 16.6. The fourth-order valence-electron chi connectivity index (χ4n) is 4.05. The first-order valence-electron chi connectivity index (χ1n) is 9.58. The third kappa shape index (κ3) is 3.66. The SMILES string of the molecule is Cc1ccc(S[C]2[CH][CH][CH][C]2[C@@]([C]2[CH][CH][CH][CH]2)(c2ccccc2)N(C)C)cc1. The lowest BCUT2D eigenvalue weighted by Gasteiger charge is -2.50. The minimum atomic E-state index is -0.332. The van der Waals surface area contributed by atoms with Gasteiger partial charge in [0.1, 0.15) is 0 Å². The van der Waals surface area contributed by atoms with Crippen molar-refractivity contribution in [3.63, 3.8) is 0 Å². The highest BCUT2D eigenvalue weighted by Crippen LogP contribution is 2.59. The van der Waals surface area contributed by atoms with E-state index in [4.69, 9.17) is 0 Å². The van der Waals surface area contributed by atoms with Gasteiger partial charge in [0, 0.05) is 22.0 Å². The second-order valence-electron chi connectivity index (χ2n) is 7.36. The number of benzene rings is 2. The van der Waals surface area contributed by atoms with Gasteiger partial charge in [-0.3, -0.25) is 4.90 Å². The largest absolute Gasteiger partial charge is 0.299 e. The van der Waals surface area contributed by atoms with E-state index in [1.165, 1.54) is 33.1 Å². The van der Waals surface area contributed by atoms with Crippen LogP contribution in [0.15, 0.2) is 59.5 Å². The van der Waals surface area contributed by atoms with E-state index in [-0.39, 0.29) is 5.54 Å². The lowest BCUT2D eigenvalue weighted by atomic mass is 9.66. The number of hydrogen-bond donors (Lipinski definition) is 0. The predicted octanol–water partition coefficient (Wildman–Crippen LogP) is 5.68. The van der Waals surface area contributed by atoms with Crippen molar-refractivity contribution in [2.45, 2.75) is 17.4 Å². The first-order chi connectivity index (χ1) is 13.6. The first kappa shape index (κ1) is 20.0. The standard InChI is InChI=1S/C26H25NS/c1-20-16-18-23(19-17-20)28-25-15-9-14-24(25)26(27(2)3,22-12-7-8-13-22)21-10-5-4-6-11-21/h4-19H,1-3H3/t26-/m0/s1. The monoisotopic (exact) mass is 383 g/mol. The summed E-state index contributed by atoms with van der Waals surface area (Å²) in [5.41, 5.74) is 2.24. The van der Waals surface area contributed by atoms with Crippen LogP contribution in [0.2, 0.25) is 0 Å². The van der Waals surface area contributed by atoms with Crippen LogP contribution in [0.3, 0.4) is 0 Å². The Bertz CT molecular complexity index is 748. The van der Waals surface area contributed by atoms with Crippen molar-refractivity contribution in [3.8, 4) is 0 Å². The molecular weight excluding hydrogens is 358 g/mol. The zero-order chi connectivity index (χ0) is 19.6. The van der Waals surface area contributed by atoms with E-state index >= 15 is 0 Å². The van der Waals surface area contributed by atoms with Gasteiger partial charge in [-0.25, -0.2) is 0 Å². The van der Waals surface area contributed by atoms with E-state index in [0.29, 0.717) is 0 Å². The van der Waals surface area contributed by atoms with Crippen molar-refractivity contribution in [2.75, 3.05) is 14.1 Å². The molecule has 1 nitrogen and oxygen atoms in total. The summed E-state index contributed by atoms with van der Waals surface area (Å²) in [7, 11) is 4.35. The van der Waals surface area contributed by atoms with E-state index in [2.05, 4.69) is 125 Å². The molecule has 0 spiro atoms. The minimum absolute atomic E-state index is 0.332. The summed E-state index contributed by atoms with van der Waals surface area (Å²) in [6.45, 7) is 2.13. The number of rotatable bonds is 6. The number of hydrogen-bond acceptors (Lipinski definition) is 2. The van der Waals surface area contributed by atoms with E-state index in [9.17, 15) is 0 Å². The maximum Gasteiger partial charge on any atom is 0.0604 e. The minimum Gasteiger partial charge on any atom is -0.299 e. The lowest BCUT2D eigenvalue weighted by Crippen LogP contribution is -2.51. The summed E-state index contributed by atoms with van der Waals surface area (Å²) in [6, 6.07) is 19.6. The van der Waals surface area contributed by atoms with E-state index < -0.39 is 0 Å². The second-order valence-corrected chi connectivity index (χ2v) is 8.48. The van der Waals surface area contributed by atoms with Crippen LogP contribution >= 0.6 is 11.8 Å². The molecule has 2 fully saturated rings. The Morgan fingerprint density at radius 1 is 0.750 bits per heavy atom. The van der Waals surface area contributed by atoms with Gasteiger partial charge >= 0.3 is 0 Å². The molecule has 0 bridgehead atoms. The summed E-state index contributed by atoms with van der Waals surface area (Å²) < 4.78 is 0. The average Bonchev–Trinajstić information content (AvgIpc) is 3.39. The van der Waals surface area contributed by atoms with Gasteiger partial charge < -0.3 is 0 Å². The fourth-order valence-corrected chi connectivity index (χ4v) is 5.05. The smallest absolute Gasteiger partial charge is 0.0604 e. The Morgan fingerprint density at radius 2 is 1.43 bits per heavy atom. The third-order valence-corrected chi connectivity index (χ3v) is 6.44. The maximum atomic E-state index is 2.34. The summed E-state index contributed by atoms with van der Waals surface area (Å²) in [5, 5.41) is 1.29. The molecule has 2 aliphatic rings. The van der Waals surface area contributed by atoms with Crippen molar-refractivity contribution >= 4 is 11.8 Å². The molecule has 0 unspecified atom stereocenters. The van der Waals surface area contributed by atoms with Gasteiger partial charge in [-0.2, -0.15) is 0 Å². The molecule has 2 heteroatoms. The molecule has 0 saturated heterocycles. The second kappa shape index (κ2) is 8.63. The number of aryl methyl sites for hydroxylation is 1. The lowest BCUT2D eigenvalue weighted by molar-refractivity contribution is 0.199. The average molecular weight is 384 g/mol. The van der Waals surface area contributed by atoms with Gasteiger partial charge in [0.15, 0.2) is 0 Å². The van der Waals surface area contributed by atoms with Crippen LogP contribution in [0.5, 0.6) is 0 Å². The maximum absolute atomic E-state index is 2.34. The Morgan fingerprint density at radius 3 is 2.07 bits per heavy atom. The fraction of sp³-hybridized carbons (Fsp3) is 0.154. The van der Waals surface area contributed by atoms with Gasteiger partial charge in [-0.15, -0.1) is 11.8 Å². The molecule has 10 radical (unpaired) electrons. The van der Waals surface area contributed by atoms with E-state index in [1.807, 2.05) is 11.8 Å². The molecule has 4 rings (SSSR count). The molecule has 1 atom stereocenters. The van der Waals surface area contributed by atoms with Crippen molar-refractivity contribution in [1.82, 2.24) is 4.90 Å². The van der Waals surface area contributed by atoms with Crippen molar-refractivity contribution < 1.29 is 0 Å². The summed E-state index contributed by atoms with van der Waals surface area (Å²) in [6.07, 6.45) is 15.4. The summed E-state index contributed by atoms with van der Waals surface area (Å²) >= 11 is 1.84. The van der Waals surface area contributed by atoms with Gasteiger partial charge in [0.2, 0.25) is 0 Å². The Balaban J connectivity index is 1.73. The molecule has 2 aromatic carbocycles. The first-order valence-corrected chi connectivity index (χ1v) is 10.4. The van der Waals surface area contributed by atoms with Crippen LogP contribution in [0.25, 0.3) is 0 Å². The predicted molar refractivity (Wildman–Crippen MR) is 119 cm³/mol. The quantitative estimate of drug-likeness (QED) is 0.631. The number of thioether (sulfide) groups is 1. The molecule has 0 amide bonds. The molecule has 0 N–H and O–H groups in total. The van der Waals surface area contributed by atoms with Gasteiger partial charge in [-0.05, 0) is 83.7 Å². The normalized spacial score (nSPS) is 21.4. The topological polar surface area (TPSA) is 3.24 Å². The molecular formula is C26H25NS. The van der Waals surface area contributed by atoms with Gasteiger partial charge in [-0.1, -0.05) is 48.0 Å². The van der Waals surface area contributed by atoms with Crippen LogP contribution in [0, 0.1) is 69.0 Å². The summed E-state index contributed by atoms with van der Waals surface area (Å²) in [4.78, 5) is 3.60. The highest BCUT2D eigenvalue weighted by molar-refractivity contribution is 8.02. The van der Waals surface area contributed by atoms with Crippen LogP contribution in [-0.4, -0.2) is 19.0 Å². The molecule has 140 valence electrons. The highest BCUT2D eigenvalue weighted by Gasteiger charge is 2.54. The van der Waals surface area contributed by atoms with Crippen LogP contribution < -0.4 is 0 Å². The Hall–Kier alpha value is -1.25. The molecule has 2 aliphatic carbocycles. The van der Waals surface area contributed by atoms with Crippen LogP contribution in [0.4, 0.5) is 0 Å². The third-order valence-electron chi connectivity index (χ3n) is 5.36. The van der Waals surface area contributed by atoms with E-state index in [0.717, 1.165) is 0 Å². The molecule has 28 heavy (non-hydrogen) atoms. The van der Waals surface area contributed by atoms with Crippen molar-refractivity contribution in [1.29, 1.82) is 0 Å². The number of nitrogens with zero attached hydrogens (tertiary/aromatic N) is 1. The zero-order valence-corrected chi connectivity index (χ0v) is 17.4. The van der Waals surface area contributed by atoms with Crippen molar-refractivity contribution in [3.05, 3.63) is 128 Å². The Labute approximate surface area is 175 Å². The van der Waals surface area contributed by atoms with Crippen LogP contribution in [0.1, 0.15) is 11.1 Å². The molecule has 0 aromatic heterocycles. The van der Waals surface area contributed by atoms with Crippen LogP contribution in [-0.2, 0) is 5.54 Å². The highest BCUT2D eigenvalue weighted by atomic mass is 32.2. The summed E-state index contributed by atoms with van der Waals surface area (Å²) in [5.74, 6) is 2.61. The molecule has 2 aromatic rings. The molecule has 0 heterocycles. The van der Waals surface area contributed by atoms with Gasteiger partial charge in [0.05, 0.1) is 5.54 Å². The molecule has 0 aliphatic heterocycles.